The lowest BCUT2D eigenvalue weighted by atomic mass is 9.87. The third kappa shape index (κ3) is 3.65. The SMILES string of the molecule is N#Cc1cccc(S(=O)(=O)N[C@H]2C[C@H](Nc3c(-c4ncco4)cnc4[nH]ccc34)C2)c1. The van der Waals surface area contributed by atoms with Gasteiger partial charge in [0, 0.05) is 29.9 Å². The molecule has 0 bridgehead atoms. The number of aromatic amines is 1. The zero-order valence-corrected chi connectivity index (χ0v) is 17.1. The van der Waals surface area contributed by atoms with Gasteiger partial charge in [0.1, 0.15) is 11.9 Å². The Morgan fingerprint density at radius 3 is 2.84 bits per heavy atom. The molecule has 4 aromatic rings. The molecule has 3 heterocycles. The summed E-state index contributed by atoms with van der Waals surface area (Å²) in [6.07, 6.45) is 7.85. The molecule has 0 saturated heterocycles. The van der Waals surface area contributed by atoms with E-state index in [0.717, 1.165) is 22.3 Å². The highest BCUT2D eigenvalue weighted by Gasteiger charge is 2.33. The van der Waals surface area contributed by atoms with Gasteiger partial charge in [-0.3, -0.25) is 0 Å². The lowest BCUT2D eigenvalue weighted by Gasteiger charge is -2.37. The number of pyridine rings is 1. The number of hydrogen-bond donors (Lipinski definition) is 3. The monoisotopic (exact) mass is 434 g/mol. The first kappa shape index (κ1) is 19.3. The fourth-order valence-electron chi connectivity index (χ4n) is 3.74. The van der Waals surface area contributed by atoms with Crippen LogP contribution in [0.15, 0.2) is 64.5 Å². The molecule has 0 unspecified atom stereocenters. The van der Waals surface area contributed by atoms with Gasteiger partial charge < -0.3 is 14.7 Å². The second kappa shape index (κ2) is 7.54. The minimum Gasteiger partial charge on any atom is -0.444 e. The van der Waals surface area contributed by atoms with Gasteiger partial charge in [0.25, 0.3) is 0 Å². The number of nitriles is 1. The third-order valence-corrected chi connectivity index (χ3v) is 6.85. The van der Waals surface area contributed by atoms with E-state index in [1.54, 1.807) is 24.5 Å². The Labute approximate surface area is 178 Å². The Balaban J connectivity index is 1.31. The number of nitrogens with one attached hydrogen (secondary N) is 3. The minimum absolute atomic E-state index is 0.0763. The molecule has 1 fully saturated rings. The topological polar surface area (TPSA) is 137 Å². The summed E-state index contributed by atoms with van der Waals surface area (Å²) in [5, 5.41) is 13.4. The van der Waals surface area contributed by atoms with E-state index in [4.69, 9.17) is 9.68 Å². The molecule has 1 aromatic carbocycles. The number of oxazole rings is 1. The largest absolute Gasteiger partial charge is 0.444 e. The van der Waals surface area contributed by atoms with Crippen molar-refractivity contribution in [3.8, 4) is 17.5 Å². The smallest absolute Gasteiger partial charge is 0.240 e. The number of benzene rings is 1. The second-order valence-electron chi connectivity index (χ2n) is 7.39. The molecule has 3 aromatic heterocycles. The fourth-order valence-corrected chi connectivity index (χ4v) is 5.05. The van der Waals surface area contributed by atoms with Crippen molar-refractivity contribution in [3.63, 3.8) is 0 Å². The van der Waals surface area contributed by atoms with Crippen molar-refractivity contribution >= 4 is 26.7 Å². The molecule has 0 spiro atoms. The molecule has 3 N–H and O–H groups in total. The van der Waals surface area contributed by atoms with E-state index in [-0.39, 0.29) is 17.0 Å². The van der Waals surface area contributed by atoms with Gasteiger partial charge in [-0.1, -0.05) is 6.07 Å². The molecule has 9 nitrogen and oxygen atoms in total. The van der Waals surface area contributed by atoms with Crippen molar-refractivity contribution in [2.75, 3.05) is 5.32 Å². The maximum absolute atomic E-state index is 12.6. The van der Waals surface area contributed by atoms with Gasteiger partial charge in [-0.05, 0) is 37.1 Å². The number of aromatic nitrogens is 3. The summed E-state index contributed by atoms with van der Waals surface area (Å²) >= 11 is 0. The average molecular weight is 434 g/mol. The normalized spacial score (nSPS) is 18.4. The molecular formula is C21H18N6O3S. The maximum atomic E-state index is 12.6. The highest BCUT2D eigenvalue weighted by atomic mass is 32.2. The van der Waals surface area contributed by atoms with E-state index in [9.17, 15) is 8.42 Å². The predicted octanol–water partition coefficient (Wildman–Crippen LogP) is 3.01. The fraction of sp³-hybridized carbons (Fsp3) is 0.190. The van der Waals surface area contributed by atoms with Gasteiger partial charge >= 0.3 is 0 Å². The molecule has 31 heavy (non-hydrogen) atoms. The Hall–Kier alpha value is -3.68. The number of rotatable bonds is 6. The van der Waals surface area contributed by atoms with Crippen LogP contribution in [0.2, 0.25) is 0 Å². The minimum atomic E-state index is -3.69. The molecule has 1 aliphatic carbocycles. The molecular weight excluding hydrogens is 416 g/mol. The molecule has 0 aliphatic heterocycles. The average Bonchev–Trinajstić information content (AvgIpc) is 3.44. The molecule has 0 radical (unpaired) electrons. The summed E-state index contributed by atoms with van der Waals surface area (Å²) in [4.78, 5) is 11.8. The Kier molecular flexibility index (Phi) is 4.69. The summed E-state index contributed by atoms with van der Waals surface area (Å²) in [5.41, 5.74) is 2.64. The number of fused-ring (bicyclic) bond motifs is 1. The Bertz CT molecular complexity index is 1380. The lowest BCUT2D eigenvalue weighted by molar-refractivity contribution is 0.346. The molecule has 0 atom stereocenters. The number of nitrogens with zero attached hydrogens (tertiary/aromatic N) is 3. The highest BCUT2D eigenvalue weighted by molar-refractivity contribution is 7.89. The molecule has 0 amide bonds. The van der Waals surface area contributed by atoms with Gasteiger partial charge in [-0.15, -0.1) is 0 Å². The lowest BCUT2D eigenvalue weighted by Crippen LogP contribution is -2.49. The van der Waals surface area contributed by atoms with Crippen LogP contribution in [0.3, 0.4) is 0 Å². The van der Waals surface area contributed by atoms with Gasteiger partial charge in [0.05, 0.1) is 34.0 Å². The number of anilines is 1. The summed E-state index contributed by atoms with van der Waals surface area (Å²) in [7, 11) is -3.69. The number of sulfonamides is 1. The van der Waals surface area contributed by atoms with Crippen LogP contribution in [0.25, 0.3) is 22.5 Å². The van der Waals surface area contributed by atoms with E-state index in [2.05, 4.69) is 25.0 Å². The molecule has 5 rings (SSSR count). The van der Waals surface area contributed by atoms with Crippen LogP contribution in [-0.2, 0) is 10.0 Å². The van der Waals surface area contributed by atoms with Crippen molar-refractivity contribution in [2.24, 2.45) is 0 Å². The van der Waals surface area contributed by atoms with Crippen molar-refractivity contribution in [1.82, 2.24) is 19.7 Å². The van der Waals surface area contributed by atoms with E-state index in [1.807, 2.05) is 18.3 Å². The Morgan fingerprint density at radius 1 is 1.19 bits per heavy atom. The second-order valence-corrected chi connectivity index (χ2v) is 9.11. The van der Waals surface area contributed by atoms with Gasteiger partial charge in [0.2, 0.25) is 15.9 Å². The summed E-state index contributed by atoms with van der Waals surface area (Å²) in [6.45, 7) is 0. The molecule has 1 aliphatic rings. The first-order valence-electron chi connectivity index (χ1n) is 9.68. The van der Waals surface area contributed by atoms with E-state index < -0.39 is 10.0 Å². The van der Waals surface area contributed by atoms with Crippen molar-refractivity contribution in [3.05, 3.63) is 60.7 Å². The first-order valence-corrected chi connectivity index (χ1v) is 11.2. The summed E-state index contributed by atoms with van der Waals surface area (Å²) in [6, 6.07) is 9.77. The van der Waals surface area contributed by atoms with Crippen LogP contribution in [0.1, 0.15) is 18.4 Å². The number of H-pyrrole nitrogens is 1. The van der Waals surface area contributed by atoms with E-state index >= 15 is 0 Å². The van der Waals surface area contributed by atoms with Crippen molar-refractivity contribution < 1.29 is 12.8 Å². The van der Waals surface area contributed by atoms with E-state index in [0.29, 0.717) is 24.3 Å². The van der Waals surface area contributed by atoms with Crippen molar-refractivity contribution in [1.29, 1.82) is 5.26 Å². The molecule has 10 heteroatoms. The highest BCUT2D eigenvalue weighted by Crippen LogP contribution is 2.35. The summed E-state index contributed by atoms with van der Waals surface area (Å²) in [5.74, 6) is 0.465. The zero-order valence-electron chi connectivity index (χ0n) is 16.2. The van der Waals surface area contributed by atoms with E-state index in [1.165, 1.54) is 18.4 Å². The van der Waals surface area contributed by atoms with Crippen LogP contribution in [-0.4, -0.2) is 35.5 Å². The van der Waals surface area contributed by atoms with Crippen LogP contribution in [0.4, 0.5) is 5.69 Å². The van der Waals surface area contributed by atoms with Crippen LogP contribution >= 0.6 is 0 Å². The summed E-state index contributed by atoms with van der Waals surface area (Å²) < 4.78 is 33.5. The van der Waals surface area contributed by atoms with Crippen LogP contribution < -0.4 is 10.0 Å². The standard InChI is InChI=1S/C21H18N6O3S/c22-11-13-2-1-3-16(8-13)31(28,29)27-15-9-14(10-15)26-19-17-4-5-23-20(17)25-12-18(19)21-24-6-7-30-21/h1-8,12,14-15,27H,9-10H2,(H2,23,25,26)/t14-,15-. The van der Waals surface area contributed by atoms with Gasteiger partial charge in [-0.25, -0.2) is 23.1 Å². The number of hydrogen-bond acceptors (Lipinski definition) is 7. The molecule has 1 saturated carbocycles. The third-order valence-electron chi connectivity index (χ3n) is 5.33. The van der Waals surface area contributed by atoms with Crippen LogP contribution in [0, 0.1) is 11.3 Å². The quantitative estimate of drug-likeness (QED) is 0.424. The predicted molar refractivity (Wildman–Crippen MR) is 114 cm³/mol. The van der Waals surface area contributed by atoms with Crippen molar-refractivity contribution in [2.45, 2.75) is 29.8 Å². The van der Waals surface area contributed by atoms with Gasteiger partial charge in [0.15, 0.2) is 0 Å². The zero-order chi connectivity index (χ0) is 21.4. The Morgan fingerprint density at radius 2 is 2.06 bits per heavy atom. The van der Waals surface area contributed by atoms with Crippen LogP contribution in [0.5, 0.6) is 0 Å². The first-order chi connectivity index (χ1) is 15.0. The van der Waals surface area contributed by atoms with Gasteiger partial charge in [-0.2, -0.15) is 5.26 Å². The maximum Gasteiger partial charge on any atom is 0.240 e. The molecule has 156 valence electrons.